The number of nitrogens with one attached hydrogen (secondary N) is 2. The number of hydrogen-bond donors (Lipinski definition) is 2. The molecule has 0 bridgehead atoms. The van der Waals surface area contributed by atoms with Crippen molar-refractivity contribution in [2.24, 2.45) is 0 Å². The third-order valence-corrected chi connectivity index (χ3v) is 9.70. The monoisotopic (exact) mass is 687 g/mol. The number of carbonyl (C=O) groups excluding carboxylic acids is 3. The van der Waals surface area contributed by atoms with E-state index < -0.39 is 40.0 Å². The zero-order valence-corrected chi connectivity index (χ0v) is 27.7. The van der Waals surface area contributed by atoms with Crippen LogP contribution in [0.5, 0.6) is 0 Å². The Morgan fingerprint density at radius 3 is 2.35 bits per heavy atom. The number of hydrogen-bond acceptors (Lipinski definition) is 7. The quantitative estimate of drug-likeness (QED) is 0.224. The topological polar surface area (TPSA) is 131 Å². The van der Waals surface area contributed by atoms with Crippen LogP contribution < -0.4 is 10.2 Å². The number of esters is 1. The molecule has 13 heteroatoms. The van der Waals surface area contributed by atoms with Gasteiger partial charge in [0.15, 0.2) is 0 Å². The summed E-state index contributed by atoms with van der Waals surface area (Å²) in [5.41, 5.74) is 5.45. The molecule has 0 radical (unpaired) electrons. The van der Waals surface area contributed by atoms with E-state index in [1.165, 1.54) is 7.11 Å². The molecule has 1 saturated carbocycles. The zero-order valence-electron chi connectivity index (χ0n) is 25.4. The second-order valence-electron chi connectivity index (χ2n) is 11.6. The van der Waals surface area contributed by atoms with E-state index in [1.54, 1.807) is 71.6 Å². The van der Waals surface area contributed by atoms with Gasteiger partial charge in [0, 0.05) is 27.7 Å². The maximum atomic E-state index is 14.4. The van der Waals surface area contributed by atoms with Crippen molar-refractivity contribution >= 4 is 51.0 Å². The number of amides is 2. The second kappa shape index (κ2) is 14.5. The van der Waals surface area contributed by atoms with Crippen molar-refractivity contribution in [1.29, 1.82) is 0 Å². The number of halogens is 2. The summed E-state index contributed by atoms with van der Waals surface area (Å²) in [6, 6.07) is 16.9. The van der Waals surface area contributed by atoms with Crippen molar-refractivity contribution in [3.05, 3.63) is 105 Å². The Kier molecular flexibility index (Phi) is 10.7. The third kappa shape index (κ3) is 7.72. The molecule has 0 unspecified atom stereocenters. The lowest BCUT2D eigenvalue weighted by atomic mass is 9.76. The number of methoxy groups -OCH3 is 1. The van der Waals surface area contributed by atoms with Gasteiger partial charge in [0.1, 0.15) is 0 Å². The molecule has 1 heterocycles. The van der Waals surface area contributed by atoms with E-state index in [2.05, 4.69) is 10.2 Å². The first-order chi connectivity index (χ1) is 22.0. The molecule has 3 aromatic carbocycles. The molecule has 10 nitrogen and oxygen atoms in total. The fourth-order valence-electron chi connectivity index (χ4n) is 6.37. The van der Waals surface area contributed by atoms with Crippen LogP contribution in [0.3, 0.4) is 0 Å². The van der Waals surface area contributed by atoms with E-state index in [0.717, 1.165) is 30.2 Å². The van der Waals surface area contributed by atoms with E-state index in [0.29, 0.717) is 34.6 Å². The number of nitrogens with zero attached hydrogens (tertiary/aromatic N) is 1. The summed E-state index contributed by atoms with van der Waals surface area (Å²) < 4.78 is 32.2. The van der Waals surface area contributed by atoms with E-state index in [-0.39, 0.29) is 29.9 Å². The Balaban J connectivity index is 1.50. The number of sulfonamides is 1. The number of fused-ring (bicyclic) bond motifs is 1. The largest absolute Gasteiger partial charge is 0.469 e. The van der Waals surface area contributed by atoms with Crippen LogP contribution in [-0.2, 0) is 42.2 Å². The van der Waals surface area contributed by atoms with Gasteiger partial charge < -0.3 is 9.64 Å². The standard InChI is InChI=1S/C33H35Cl2N3O7S/c1-44-29(39)17-20-11-13-21(14-12-20)19-45-36-32(40)30-23-7-3-4-8-24(23)33(41)38(31(30)25-16-15-22(34)18-26(25)35)28-10-6-5-9-27(28)37-46(2,42)43/h3-4,7-8,11-16,18,27-28,30-31,37H,5-6,9-10,17,19H2,1-2H3,(H,36,40)/t27-,28-,30-,31+/m0/s1. The molecule has 1 fully saturated rings. The molecular formula is C33H35Cl2N3O7S. The summed E-state index contributed by atoms with van der Waals surface area (Å²) >= 11 is 13.0. The highest BCUT2D eigenvalue weighted by atomic mass is 35.5. The maximum Gasteiger partial charge on any atom is 0.309 e. The molecular weight excluding hydrogens is 653 g/mol. The number of benzene rings is 3. The third-order valence-electron chi connectivity index (χ3n) is 8.40. The van der Waals surface area contributed by atoms with E-state index >= 15 is 0 Å². The van der Waals surface area contributed by atoms with Gasteiger partial charge in [0.2, 0.25) is 10.0 Å². The lowest BCUT2D eigenvalue weighted by Gasteiger charge is -2.49. The minimum absolute atomic E-state index is 0.0383. The van der Waals surface area contributed by atoms with Crippen LogP contribution in [0.2, 0.25) is 10.0 Å². The highest BCUT2D eigenvalue weighted by Gasteiger charge is 2.49. The number of rotatable bonds is 10. The van der Waals surface area contributed by atoms with E-state index in [9.17, 15) is 22.8 Å². The Labute approximate surface area is 278 Å². The Bertz CT molecular complexity index is 1720. The van der Waals surface area contributed by atoms with Crippen molar-refractivity contribution in [3.63, 3.8) is 0 Å². The van der Waals surface area contributed by atoms with Crippen molar-refractivity contribution in [2.45, 2.75) is 62.8 Å². The first-order valence-corrected chi connectivity index (χ1v) is 17.5. The molecule has 4 atom stereocenters. The SMILES string of the molecule is COC(=O)Cc1ccc(CONC(=O)[C@H]2c3ccccc3C(=O)N([C@H]3CCCC[C@@H]3NS(C)(=O)=O)[C@@H]2c2ccc(Cl)cc2Cl)cc1. The molecule has 2 aliphatic rings. The smallest absolute Gasteiger partial charge is 0.309 e. The molecule has 0 spiro atoms. The van der Waals surface area contributed by atoms with E-state index in [4.69, 9.17) is 32.8 Å². The lowest BCUT2D eigenvalue weighted by Crippen LogP contribution is -2.59. The lowest BCUT2D eigenvalue weighted by molar-refractivity contribution is -0.140. The second-order valence-corrected chi connectivity index (χ2v) is 14.2. The fourth-order valence-corrected chi connectivity index (χ4v) is 7.72. The maximum absolute atomic E-state index is 14.4. The summed E-state index contributed by atoms with van der Waals surface area (Å²) in [6.07, 6.45) is 3.86. The van der Waals surface area contributed by atoms with Gasteiger partial charge in [-0.15, -0.1) is 0 Å². The molecule has 46 heavy (non-hydrogen) atoms. The van der Waals surface area contributed by atoms with Crippen molar-refractivity contribution in [2.75, 3.05) is 13.4 Å². The van der Waals surface area contributed by atoms with Crippen molar-refractivity contribution in [3.8, 4) is 0 Å². The van der Waals surface area contributed by atoms with Crippen LogP contribution in [0.25, 0.3) is 0 Å². The van der Waals surface area contributed by atoms with Crippen molar-refractivity contribution < 1.29 is 32.4 Å². The highest BCUT2D eigenvalue weighted by molar-refractivity contribution is 7.88. The first kappa shape index (κ1) is 33.9. The normalized spacial score (nSPS) is 21.4. The van der Waals surface area contributed by atoms with Gasteiger partial charge in [0.05, 0.1) is 38.4 Å². The minimum Gasteiger partial charge on any atom is -0.469 e. The zero-order chi connectivity index (χ0) is 33.0. The van der Waals surface area contributed by atoms with Gasteiger partial charge in [-0.05, 0) is 53.3 Å². The molecule has 1 aliphatic heterocycles. The van der Waals surface area contributed by atoms with Crippen LogP contribution in [-0.4, -0.2) is 56.6 Å². The number of ether oxygens (including phenoxy) is 1. The summed E-state index contributed by atoms with van der Waals surface area (Å²) in [5, 5.41) is 0.655. The molecule has 0 aromatic heterocycles. The summed E-state index contributed by atoms with van der Waals surface area (Å²) in [6.45, 7) is 0.0383. The van der Waals surface area contributed by atoms with Gasteiger partial charge in [0.25, 0.3) is 11.8 Å². The van der Waals surface area contributed by atoms with Gasteiger partial charge in [-0.2, -0.15) is 0 Å². The molecule has 2 amide bonds. The van der Waals surface area contributed by atoms with Gasteiger partial charge in [-0.1, -0.05) is 84.6 Å². The van der Waals surface area contributed by atoms with E-state index in [1.807, 2.05) is 0 Å². The summed E-state index contributed by atoms with van der Waals surface area (Å²) in [7, 11) is -2.27. The number of hydroxylamine groups is 1. The van der Waals surface area contributed by atoms with Gasteiger partial charge in [-0.25, -0.2) is 18.6 Å². The van der Waals surface area contributed by atoms with Crippen LogP contribution in [0.1, 0.15) is 70.3 Å². The molecule has 5 rings (SSSR count). The first-order valence-electron chi connectivity index (χ1n) is 14.9. The minimum atomic E-state index is -3.60. The fraction of sp³-hybridized carbons (Fsp3) is 0.364. The van der Waals surface area contributed by atoms with Gasteiger partial charge in [-0.3, -0.25) is 19.2 Å². The molecule has 244 valence electrons. The molecule has 2 N–H and O–H groups in total. The van der Waals surface area contributed by atoms with Crippen molar-refractivity contribution in [1.82, 2.24) is 15.1 Å². The predicted molar refractivity (Wildman–Crippen MR) is 174 cm³/mol. The van der Waals surface area contributed by atoms with Crippen LogP contribution in [0, 0.1) is 0 Å². The summed E-state index contributed by atoms with van der Waals surface area (Å²) in [4.78, 5) is 47.4. The molecule has 3 aromatic rings. The Morgan fingerprint density at radius 2 is 1.65 bits per heavy atom. The average Bonchev–Trinajstić information content (AvgIpc) is 3.01. The predicted octanol–water partition coefficient (Wildman–Crippen LogP) is 5.10. The average molecular weight is 689 g/mol. The van der Waals surface area contributed by atoms with Crippen LogP contribution >= 0.6 is 23.2 Å². The Hall–Kier alpha value is -3.48. The van der Waals surface area contributed by atoms with Crippen LogP contribution in [0.15, 0.2) is 66.7 Å². The molecule has 0 saturated heterocycles. The number of carbonyl (C=O) groups is 3. The molecule has 1 aliphatic carbocycles. The summed E-state index contributed by atoms with van der Waals surface area (Å²) in [5.74, 6) is -2.14. The Morgan fingerprint density at radius 1 is 0.957 bits per heavy atom. The van der Waals surface area contributed by atoms with Crippen LogP contribution in [0.4, 0.5) is 0 Å². The highest BCUT2D eigenvalue weighted by Crippen LogP contribution is 2.47. The van der Waals surface area contributed by atoms with Gasteiger partial charge >= 0.3 is 5.97 Å².